The standard InChI is InChI=1S/C7H6O2.Cu.2H3P/c8-7(9)6-4-2-1-3-5-6;;;/h1-5H,(H,8,9);;2*1H3. The van der Waals surface area contributed by atoms with Crippen LogP contribution in [0.3, 0.4) is 0 Å². The Morgan fingerprint density at radius 1 is 1.08 bits per heavy atom. The molecule has 0 fully saturated rings. The van der Waals surface area contributed by atoms with Crippen molar-refractivity contribution >= 4 is 25.8 Å². The van der Waals surface area contributed by atoms with Gasteiger partial charge in [0.2, 0.25) is 0 Å². The van der Waals surface area contributed by atoms with Gasteiger partial charge in [0, 0.05) is 17.1 Å². The summed E-state index contributed by atoms with van der Waals surface area (Å²) in [6.07, 6.45) is 0. The molecule has 1 aromatic rings. The fourth-order valence-electron chi connectivity index (χ4n) is 0.581. The minimum atomic E-state index is -0.879. The molecule has 2 atom stereocenters. The molecule has 73 valence electrons. The van der Waals surface area contributed by atoms with Crippen LogP contribution < -0.4 is 0 Å². The third kappa shape index (κ3) is 5.69. The van der Waals surface area contributed by atoms with Crippen molar-refractivity contribution in [1.82, 2.24) is 0 Å². The zero-order chi connectivity index (χ0) is 6.69. The third-order valence-corrected chi connectivity index (χ3v) is 1.02. The Balaban J connectivity index is -0.000000270. The van der Waals surface area contributed by atoms with Crippen LogP contribution in [-0.2, 0) is 17.1 Å². The molecule has 1 aromatic carbocycles. The largest absolute Gasteiger partial charge is 0.478 e. The van der Waals surface area contributed by atoms with Gasteiger partial charge in [0.05, 0.1) is 5.56 Å². The van der Waals surface area contributed by atoms with Gasteiger partial charge in [-0.05, 0) is 12.1 Å². The van der Waals surface area contributed by atoms with Gasteiger partial charge < -0.3 is 5.11 Å². The Labute approximate surface area is 88.8 Å². The van der Waals surface area contributed by atoms with E-state index in [4.69, 9.17) is 5.11 Å². The minimum absolute atomic E-state index is 0. The van der Waals surface area contributed by atoms with Gasteiger partial charge in [-0.1, -0.05) is 18.2 Å². The van der Waals surface area contributed by atoms with Crippen LogP contribution in [0.1, 0.15) is 10.4 Å². The average Bonchev–Trinajstić information content (AvgIpc) is 1.90. The minimum Gasteiger partial charge on any atom is -0.478 e. The van der Waals surface area contributed by atoms with Gasteiger partial charge in [-0.25, -0.2) is 4.79 Å². The van der Waals surface area contributed by atoms with Crippen molar-refractivity contribution in [3.63, 3.8) is 0 Å². The molecule has 2 unspecified atom stereocenters. The van der Waals surface area contributed by atoms with Crippen LogP contribution in [0.15, 0.2) is 30.3 Å². The molecule has 0 aromatic heterocycles. The molecule has 0 saturated carbocycles. The van der Waals surface area contributed by atoms with Crippen molar-refractivity contribution in [3.05, 3.63) is 35.9 Å². The molecule has 1 rings (SSSR count). The molecule has 5 heteroatoms. The summed E-state index contributed by atoms with van der Waals surface area (Å²) in [4.78, 5) is 10.2. The Hall–Kier alpha value is 0.0695. The zero-order valence-corrected chi connectivity index (χ0v) is 10.2. The summed E-state index contributed by atoms with van der Waals surface area (Å²) < 4.78 is 0. The van der Waals surface area contributed by atoms with E-state index in [2.05, 4.69) is 0 Å². The van der Waals surface area contributed by atoms with E-state index in [9.17, 15) is 4.79 Å². The van der Waals surface area contributed by atoms with E-state index in [1.807, 2.05) is 0 Å². The molecule has 0 spiro atoms. The Morgan fingerprint density at radius 2 is 1.50 bits per heavy atom. The second kappa shape index (κ2) is 9.16. The van der Waals surface area contributed by atoms with Crippen molar-refractivity contribution in [2.45, 2.75) is 0 Å². The van der Waals surface area contributed by atoms with Crippen LogP contribution in [-0.4, -0.2) is 11.1 Å². The molecule has 12 heavy (non-hydrogen) atoms. The molecule has 0 aliphatic carbocycles. The predicted molar refractivity (Wildman–Crippen MR) is 55.6 cm³/mol. The van der Waals surface area contributed by atoms with E-state index in [-0.39, 0.29) is 36.9 Å². The normalized spacial score (nSPS) is 6.67. The molecule has 1 N–H and O–H groups in total. The van der Waals surface area contributed by atoms with E-state index in [1.165, 1.54) is 0 Å². The number of hydrogen-bond donors (Lipinski definition) is 1. The Bertz CT molecular complexity index is 216. The molecule has 0 aliphatic heterocycles. The van der Waals surface area contributed by atoms with Gasteiger partial charge in [0.15, 0.2) is 0 Å². The molecule has 2 nitrogen and oxygen atoms in total. The summed E-state index contributed by atoms with van der Waals surface area (Å²) in [5, 5.41) is 8.38. The van der Waals surface area contributed by atoms with E-state index in [1.54, 1.807) is 30.3 Å². The number of carbonyl (C=O) groups is 1. The van der Waals surface area contributed by atoms with Crippen LogP contribution in [0.2, 0.25) is 0 Å². The molecule has 0 bridgehead atoms. The van der Waals surface area contributed by atoms with Crippen molar-refractivity contribution in [1.29, 1.82) is 0 Å². The van der Waals surface area contributed by atoms with Gasteiger partial charge in [-0.15, -0.1) is 0 Å². The maximum Gasteiger partial charge on any atom is 0.335 e. The number of hydrogen-bond acceptors (Lipinski definition) is 1. The van der Waals surface area contributed by atoms with E-state index < -0.39 is 5.97 Å². The van der Waals surface area contributed by atoms with Gasteiger partial charge in [-0.3, -0.25) is 0 Å². The van der Waals surface area contributed by atoms with Crippen LogP contribution >= 0.6 is 19.8 Å². The summed E-state index contributed by atoms with van der Waals surface area (Å²) in [5.74, 6) is -0.879. The summed E-state index contributed by atoms with van der Waals surface area (Å²) in [6.45, 7) is 0. The second-order valence-corrected chi connectivity index (χ2v) is 1.67. The van der Waals surface area contributed by atoms with E-state index >= 15 is 0 Å². The first-order valence-corrected chi connectivity index (χ1v) is 2.59. The molecule has 1 radical (unpaired) electrons. The first kappa shape index (κ1) is 18.0. The van der Waals surface area contributed by atoms with E-state index in [0.717, 1.165) is 0 Å². The fourth-order valence-corrected chi connectivity index (χ4v) is 0.581. The number of benzene rings is 1. The Morgan fingerprint density at radius 3 is 1.75 bits per heavy atom. The molecule has 0 saturated heterocycles. The maximum atomic E-state index is 10.2. The summed E-state index contributed by atoms with van der Waals surface area (Å²) >= 11 is 0. The third-order valence-electron chi connectivity index (χ3n) is 1.02. The fraction of sp³-hybridized carbons (Fsp3) is 0. The number of rotatable bonds is 1. The first-order chi connectivity index (χ1) is 4.30. The monoisotopic (exact) mass is 253 g/mol. The van der Waals surface area contributed by atoms with Gasteiger partial charge in [0.25, 0.3) is 0 Å². The van der Waals surface area contributed by atoms with Gasteiger partial charge in [-0.2, -0.15) is 19.8 Å². The second-order valence-electron chi connectivity index (χ2n) is 1.67. The number of carboxylic acids is 1. The average molecular weight is 254 g/mol. The zero-order valence-electron chi connectivity index (χ0n) is 6.46. The quantitative estimate of drug-likeness (QED) is 0.608. The van der Waals surface area contributed by atoms with Crippen molar-refractivity contribution < 1.29 is 27.0 Å². The van der Waals surface area contributed by atoms with Crippen LogP contribution in [0.25, 0.3) is 0 Å². The number of aromatic carboxylic acids is 1. The van der Waals surface area contributed by atoms with Crippen molar-refractivity contribution in [2.75, 3.05) is 0 Å². The topological polar surface area (TPSA) is 37.3 Å². The molecular weight excluding hydrogens is 242 g/mol. The predicted octanol–water partition coefficient (Wildman–Crippen LogP) is 1.50. The molecular formula is C7H12CuO2P2. The van der Waals surface area contributed by atoms with Gasteiger partial charge >= 0.3 is 5.97 Å². The maximum absolute atomic E-state index is 10.2. The van der Waals surface area contributed by atoms with Crippen molar-refractivity contribution in [3.8, 4) is 0 Å². The summed E-state index contributed by atoms with van der Waals surface area (Å²) in [6, 6.07) is 8.30. The van der Waals surface area contributed by atoms with Crippen molar-refractivity contribution in [2.24, 2.45) is 0 Å². The molecule has 0 amide bonds. The van der Waals surface area contributed by atoms with Crippen LogP contribution in [0, 0.1) is 0 Å². The smallest absolute Gasteiger partial charge is 0.335 e. The Kier molecular flexibility index (Phi) is 13.7. The summed E-state index contributed by atoms with van der Waals surface area (Å²) in [5.41, 5.74) is 0.331. The SMILES string of the molecule is O=C(O)c1ccccc1.P.P.[Cu]. The summed E-state index contributed by atoms with van der Waals surface area (Å²) in [7, 11) is 0. The van der Waals surface area contributed by atoms with E-state index in [0.29, 0.717) is 5.56 Å². The van der Waals surface area contributed by atoms with Gasteiger partial charge in [0.1, 0.15) is 0 Å². The van der Waals surface area contributed by atoms with Crippen LogP contribution in [0.5, 0.6) is 0 Å². The molecule has 0 aliphatic rings. The number of carboxylic acid groups (broad SMARTS) is 1. The van der Waals surface area contributed by atoms with Crippen LogP contribution in [0.4, 0.5) is 0 Å². The molecule has 0 heterocycles. The first-order valence-electron chi connectivity index (χ1n) is 2.59.